The van der Waals surface area contributed by atoms with E-state index < -0.39 is 17.5 Å². The molecule has 1 rings (SSSR count). The highest BCUT2D eigenvalue weighted by atomic mass is 19.1. The number of rotatable bonds is 6. The fraction of sp³-hybridized carbons (Fsp3) is 0.364. The van der Waals surface area contributed by atoms with Gasteiger partial charge in [0, 0.05) is 19.7 Å². The number of amides is 1. The van der Waals surface area contributed by atoms with Crippen molar-refractivity contribution in [1.82, 2.24) is 5.32 Å². The van der Waals surface area contributed by atoms with Gasteiger partial charge in [0.25, 0.3) is 0 Å². The summed E-state index contributed by atoms with van der Waals surface area (Å²) in [5.41, 5.74) is -0.0371. The SMILES string of the molecule is COCCNCC(=O)Nc1ccc(F)cc1F. The molecule has 0 saturated carbocycles. The van der Waals surface area contributed by atoms with E-state index in [1.165, 1.54) is 6.07 Å². The molecule has 0 aliphatic carbocycles. The molecule has 1 aromatic rings. The summed E-state index contributed by atoms with van der Waals surface area (Å²) in [5.74, 6) is -1.87. The Bertz CT molecular complexity index is 386. The summed E-state index contributed by atoms with van der Waals surface area (Å²) in [7, 11) is 1.55. The second kappa shape index (κ2) is 6.93. The molecule has 6 heteroatoms. The van der Waals surface area contributed by atoms with Gasteiger partial charge in [0.15, 0.2) is 0 Å². The van der Waals surface area contributed by atoms with Crippen LogP contribution in [0.15, 0.2) is 18.2 Å². The van der Waals surface area contributed by atoms with E-state index in [0.717, 1.165) is 6.07 Å². The maximum Gasteiger partial charge on any atom is 0.238 e. The van der Waals surface area contributed by atoms with Gasteiger partial charge in [-0.25, -0.2) is 8.78 Å². The Morgan fingerprint density at radius 2 is 2.18 bits per heavy atom. The minimum Gasteiger partial charge on any atom is -0.383 e. The Labute approximate surface area is 98.0 Å². The largest absolute Gasteiger partial charge is 0.383 e. The summed E-state index contributed by atoms with van der Waals surface area (Å²) in [6, 6.07) is 2.97. The van der Waals surface area contributed by atoms with Crippen molar-refractivity contribution in [3.05, 3.63) is 29.8 Å². The lowest BCUT2D eigenvalue weighted by molar-refractivity contribution is -0.115. The summed E-state index contributed by atoms with van der Waals surface area (Å²) in [4.78, 5) is 11.3. The van der Waals surface area contributed by atoms with Gasteiger partial charge in [0.1, 0.15) is 11.6 Å². The number of carbonyl (C=O) groups is 1. The van der Waals surface area contributed by atoms with Crippen LogP contribution < -0.4 is 10.6 Å². The fourth-order valence-corrected chi connectivity index (χ4v) is 1.16. The van der Waals surface area contributed by atoms with E-state index in [4.69, 9.17) is 4.74 Å². The van der Waals surface area contributed by atoms with Gasteiger partial charge in [0.05, 0.1) is 18.8 Å². The molecule has 0 spiro atoms. The molecule has 4 nitrogen and oxygen atoms in total. The molecule has 0 aliphatic rings. The van der Waals surface area contributed by atoms with Crippen LogP contribution in [0.3, 0.4) is 0 Å². The number of benzene rings is 1. The van der Waals surface area contributed by atoms with Crippen LogP contribution in [0.4, 0.5) is 14.5 Å². The number of methoxy groups -OCH3 is 1. The standard InChI is InChI=1S/C11H14F2N2O2/c1-17-5-4-14-7-11(16)15-10-3-2-8(12)6-9(10)13/h2-3,6,14H,4-5,7H2,1H3,(H,15,16). The highest BCUT2D eigenvalue weighted by molar-refractivity contribution is 5.92. The molecule has 17 heavy (non-hydrogen) atoms. The van der Waals surface area contributed by atoms with Crippen molar-refractivity contribution in [3.8, 4) is 0 Å². The summed E-state index contributed by atoms with van der Waals surface area (Å²) in [6.07, 6.45) is 0. The summed E-state index contributed by atoms with van der Waals surface area (Å²) >= 11 is 0. The molecule has 94 valence electrons. The second-order valence-electron chi connectivity index (χ2n) is 3.34. The lowest BCUT2D eigenvalue weighted by Gasteiger charge is -2.07. The zero-order chi connectivity index (χ0) is 12.7. The summed E-state index contributed by atoms with van der Waals surface area (Å²) in [5, 5.41) is 5.13. The smallest absolute Gasteiger partial charge is 0.238 e. The molecular weight excluding hydrogens is 230 g/mol. The first kappa shape index (κ1) is 13.5. The molecule has 0 saturated heterocycles. The summed E-state index contributed by atoms with van der Waals surface area (Å²) in [6.45, 7) is 1.05. The fourth-order valence-electron chi connectivity index (χ4n) is 1.16. The molecule has 0 radical (unpaired) electrons. The molecule has 2 N–H and O–H groups in total. The minimum absolute atomic E-state index is 0.0371. The van der Waals surface area contributed by atoms with E-state index in [0.29, 0.717) is 19.2 Å². The Kier molecular flexibility index (Phi) is 5.51. The molecule has 0 atom stereocenters. The van der Waals surface area contributed by atoms with Crippen LogP contribution in [0.5, 0.6) is 0 Å². The van der Waals surface area contributed by atoms with Crippen molar-refractivity contribution in [2.24, 2.45) is 0 Å². The van der Waals surface area contributed by atoms with E-state index in [1.807, 2.05) is 0 Å². The van der Waals surface area contributed by atoms with Crippen molar-refractivity contribution >= 4 is 11.6 Å². The van der Waals surface area contributed by atoms with E-state index in [9.17, 15) is 13.6 Å². The second-order valence-corrected chi connectivity index (χ2v) is 3.34. The number of hydrogen-bond acceptors (Lipinski definition) is 3. The maximum absolute atomic E-state index is 13.2. The molecule has 0 bridgehead atoms. The Morgan fingerprint density at radius 3 is 2.82 bits per heavy atom. The number of carbonyl (C=O) groups excluding carboxylic acids is 1. The zero-order valence-electron chi connectivity index (χ0n) is 9.43. The lowest BCUT2D eigenvalue weighted by Crippen LogP contribution is -2.30. The quantitative estimate of drug-likeness (QED) is 0.738. The van der Waals surface area contributed by atoms with Crippen molar-refractivity contribution in [2.45, 2.75) is 0 Å². The normalized spacial score (nSPS) is 10.3. The van der Waals surface area contributed by atoms with Crippen LogP contribution in [-0.4, -0.2) is 32.7 Å². The first-order valence-electron chi connectivity index (χ1n) is 5.08. The molecule has 1 amide bonds. The molecule has 0 fully saturated rings. The van der Waals surface area contributed by atoms with Gasteiger partial charge >= 0.3 is 0 Å². The topological polar surface area (TPSA) is 50.4 Å². The van der Waals surface area contributed by atoms with E-state index in [1.54, 1.807) is 7.11 Å². The first-order chi connectivity index (χ1) is 8.13. The average molecular weight is 244 g/mol. The van der Waals surface area contributed by atoms with E-state index in [2.05, 4.69) is 10.6 Å². The molecule has 0 heterocycles. The number of nitrogens with one attached hydrogen (secondary N) is 2. The van der Waals surface area contributed by atoms with Crippen molar-refractivity contribution in [3.63, 3.8) is 0 Å². The highest BCUT2D eigenvalue weighted by Gasteiger charge is 2.07. The van der Waals surface area contributed by atoms with Crippen molar-refractivity contribution in [1.29, 1.82) is 0 Å². The van der Waals surface area contributed by atoms with Gasteiger partial charge in [-0.1, -0.05) is 0 Å². The van der Waals surface area contributed by atoms with Crippen molar-refractivity contribution in [2.75, 3.05) is 32.1 Å². The van der Waals surface area contributed by atoms with Gasteiger partial charge < -0.3 is 15.4 Å². The number of ether oxygens (including phenoxy) is 1. The van der Waals surface area contributed by atoms with Crippen molar-refractivity contribution < 1.29 is 18.3 Å². The van der Waals surface area contributed by atoms with Crippen LogP contribution in [-0.2, 0) is 9.53 Å². The monoisotopic (exact) mass is 244 g/mol. The zero-order valence-corrected chi connectivity index (χ0v) is 9.43. The molecule has 0 aromatic heterocycles. The predicted octanol–water partition coefficient (Wildman–Crippen LogP) is 1.14. The van der Waals surface area contributed by atoms with Crippen LogP contribution in [0, 0.1) is 11.6 Å². The van der Waals surface area contributed by atoms with Gasteiger partial charge in [-0.3, -0.25) is 4.79 Å². The Morgan fingerprint density at radius 1 is 1.41 bits per heavy atom. The lowest BCUT2D eigenvalue weighted by atomic mass is 10.3. The van der Waals surface area contributed by atoms with Crippen LogP contribution in [0.25, 0.3) is 0 Å². The van der Waals surface area contributed by atoms with E-state index >= 15 is 0 Å². The van der Waals surface area contributed by atoms with Crippen LogP contribution in [0.2, 0.25) is 0 Å². The molecular formula is C11H14F2N2O2. The maximum atomic E-state index is 13.2. The number of anilines is 1. The van der Waals surface area contributed by atoms with Gasteiger partial charge in [-0.05, 0) is 12.1 Å². The third-order valence-corrected chi connectivity index (χ3v) is 1.97. The van der Waals surface area contributed by atoms with Gasteiger partial charge in [-0.2, -0.15) is 0 Å². The highest BCUT2D eigenvalue weighted by Crippen LogP contribution is 2.14. The van der Waals surface area contributed by atoms with Gasteiger partial charge in [-0.15, -0.1) is 0 Å². The molecule has 1 aromatic carbocycles. The van der Waals surface area contributed by atoms with Crippen LogP contribution in [0.1, 0.15) is 0 Å². The third-order valence-electron chi connectivity index (χ3n) is 1.97. The first-order valence-corrected chi connectivity index (χ1v) is 5.08. The molecule has 0 unspecified atom stereocenters. The Hall–Kier alpha value is -1.53. The summed E-state index contributed by atoms with van der Waals surface area (Å²) < 4.78 is 30.5. The Balaban J connectivity index is 2.40. The number of hydrogen-bond donors (Lipinski definition) is 2. The molecule has 0 aliphatic heterocycles. The average Bonchev–Trinajstić information content (AvgIpc) is 2.28. The van der Waals surface area contributed by atoms with Gasteiger partial charge in [0.2, 0.25) is 5.91 Å². The third kappa shape index (κ3) is 4.88. The predicted molar refractivity (Wildman–Crippen MR) is 59.7 cm³/mol. The number of halogens is 2. The van der Waals surface area contributed by atoms with Crippen LogP contribution >= 0.6 is 0 Å². The van der Waals surface area contributed by atoms with E-state index in [-0.39, 0.29) is 12.2 Å². The minimum atomic E-state index is -0.796.